The van der Waals surface area contributed by atoms with Gasteiger partial charge in [-0.25, -0.2) is 0 Å². The van der Waals surface area contributed by atoms with E-state index in [1.165, 1.54) is 11.1 Å². The first-order valence-electron chi connectivity index (χ1n) is 6.70. The number of benzene rings is 2. The molecule has 0 saturated heterocycles. The number of rotatable bonds is 2. The van der Waals surface area contributed by atoms with Crippen LogP contribution in [0.25, 0.3) is 22.5 Å². The third-order valence-electron chi connectivity index (χ3n) is 3.36. The maximum absolute atomic E-state index is 4.33. The van der Waals surface area contributed by atoms with Gasteiger partial charge < -0.3 is 0 Å². The Morgan fingerprint density at radius 2 is 0.850 bits per heavy atom. The van der Waals surface area contributed by atoms with Crippen LogP contribution in [0.1, 0.15) is 11.1 Å². The van der Waals surface area contributed by atoms with E-state index in [2.05, 4.69) is 72.6 Å². The first-order valence-corrected chi connectivity index (χ1v) is 6.70. The zero-order valence-electron chi connectivity index (χ0n) is 11.7. The molecule has 0 spiro atoms. The van der Waals surface area contributed by atoms with Gasteiger partial charge in [-0.1, -0.05) is 59.7 Å². The Kier molecular flexibility index (Phi) is 3.30. The molecule has 3 rings (SSSR count). The lowest BCUT2D eigenvalue weighted by atomic mass is 10.1. The fourth-order valence-corrected chi connectivity index (χ4v) is 2.09. The van der Waals surface area contributed by atoms with Crippen molar-refractivity contribution >= 4 is 0 Å². The summed E-state index contributed by atoms with van der Waals surface area (Å²) in [5.74, 6) is 0. The molecule has 0 N–H and O–H groups in total. The lowest BCUT2D eigenvalue weighted by molar-refractivity contribution is 1.04. The normalized spacial score (nSPS) is 10.5. The monoisotopic (exact) mass is 260 g/mol. The minimum absolute atomic E-state index is 0.904. The van der Waals surface area contributed by atoms with Gasteiger partial charge in [0.2, 0.25) is 0 Å². The number of hydrogen-bond acceptors (Lipinski definition) is 2. The van der Waals surface area contributed by atoms with Crippen molar-refractivity contribution in [2.24, 2.45) is 0 Å². The Morgan fingerprint density at radius 1 is 0.500 bits per heavy atom. The highest BCUT2D eigenvalue weighted by Crippen LogP contribution is 2.21. The van der Waals surface area contributed by atoms with E-state index >= 15 is 0 Å². The van der Waals surface area contributed by atoms with Crippen molar-refractivity contribution < 1.29 is 0 Å². The van der Waals surface area contributed by atoms with Gasteiger partial charge in [0.1, 0.15) is 0 Å². The summed E-state index contributed by atoms with van der Waals surface area (Å²) in [5, 5.41) is 8.65. The molecule has 1 aromatic heterocycles. The van der Waals surface area contributed by atoms with Gasteiger partial charge in [0, 0.05) is 11.1 Å². The van der Waals surface area contributed by atoms with E-state index in [0.717, 1.165) is 22.5 Å². The average Bonchev–Trinajstić information content (AvgIpc) is 2.49. The first-order chi connectivity index (χ1) is 9.72. The van der Waals surface area contributed by atoms with Crippen LogP contribution >= 0.6 is 0 Å². The Bertz CT molecular complexity index is 631. The predicted molar refractivity (Wildman–Crippen MR) is 82.4 cm³/mol. The first kappa shape index (κ1) is 12.5. The van der Waals surface area contributed by atoms with E-state index < -0.39 is 0 Å². The number of nitrogens with zero attached hydrogens (tertiary/aromatic N) is 2. The van der Waals surface area contributed by atoms with Crippen molar-refractivity contribution in [1.82, 2.24) is 10.2 Å². The van der Waals surface area contributed by atoms with Crippen molar-refractivity contribution in [2.45, 2.75) is 13.8 Å². The summed E-state index contributed by atoms with van der Waals surface area (Å²) in [6, 6.07) is 20.7. The van der Waals surface area contributed by atoms with Gasteiger partial charge >= 0.3 is 0 Å². The molecule has 0 saturated carbocycles. The fraction of sp³-hybridized carbons (Fsp3) is 0.111. The summed E-state index contributed by atoms with van der Waals surface area (Å²) < 4.78 is 0. The molecule has 0 radical (unpaired) electrons. The Hall–Kier alpha value is -2.48. The van der Waals surface area contributed by atoms with Crippen molar-refractivity contribution in [2.75, 3.05) is 0 Å². The van der Waals surface area contributed by atoms with E-state index in [1.54, 1.807) is 0 Å². The van der Waals surface area contributed by atoms with Crippen molar-refractivity contribution in [3.63, 3.8) is 0 Å². The molecular weight excluding hydrogens is 244 g/mol. The second kappa shape index (κ2) is 5.25. The van der Waals surface area contributed by atoms with E-state index in [4.69, 9.17) is 0 Å². The lowest BCUT2D eigenvalue weighted by Crippen LogP contribution is -1.91. The molecule has 1 heterocycles. The highest BCUT2D eigenvalue weighted by Gasteiger charge is 2.03. The summed E-state index contributed by atoms with van der Waals surface area (Å²) in [6.45, 7) is 4.16. The molecular formula is C18H16N2. The van der Waals surface area contributed by atoms with Gasteiger partial charge in [-0.05, 0) is 26.0 Å². The van der Waals surface area contributed by atoms with Gasteiger partial charge in [-0.15, -0.1) is 10.2 Å². The molecule has 0 atom stereocenters. The van der Waals surface area contributed by atoms with Gasteiger partial charge in [0.25, 0.3) is 0 Å². The molecule has 0 amide bonds. The zero-order valence-corrected chi connectivity index (χ0v) is 11.7. The average molecular weight is 260 g/mol. The van der Waals surface area contributed by atoms with Crippen LogP contribution in [-0.2, 0) is 0 Å². The summed E-state index contributed by atoms with van der Waals surface area (Å²) >= 11 is 0. The Labute approximate surface area is 119 Å². The molecule has 0 aliphatic rings. The van der Waals surface area contributed by atoms with Crippen LogP contribution in [-0.4, -0.2) is 10.2 Å². The van der Waals surface area contributed by atoms with E-state index in [9.17, 15) is 0 Å². The standard InChI is InChI=1S/C18H16N2/c1-13-3-7-15(8-4-13)17-11-12-18(20-19-17)16-9-5-14(2)6-10-16/h3-12H,1-2H3. The summed E-state index contributed by atoms with van der Waals surface area (Å²) in [4.78, 5) is 0. The number of aryl methyl sites for hydroxylation is 2. The summed E-state index contributed by atoms with van der Waals surface area (Å²) in [5.41, 5.74) is 6.50. The Morgan fingerprint density at radius 3 is 1.15 bits per heavy atom. The van der Waals surface area contributed by atoms with Crippen LogP contribution in [0, 0.1) is 13.8 Å². The smallest absolute Gasteiger partial charge is 0.0930 e. The summed E-state index contributed by atoms with van der Waals surface area (Å²) in [7, 11) is 0. The molecule has 98 valence electrons. The molecule has 2 aromatic carbocycles. The molecule has 0 aliphatic heterocycles. The van der Waals surface area contributed by atoms with Gasteiger partial charge in [-0.3, -0.25) is 0 Å². The summed E-state index contributed by atoms with van der Waals surface area (Å²) in [6.07, 6.45) is 0. The maximum atomic E-state index is 4.33. The van der Waals surface area contributed by atoms with Crippen LogP contribution in [0.15, 0.2) is 60.7 Å². The topological polar surface area (TPSA) is 25.8 Å². The van der Waals surface area contributed by atoms with Crippen LogP contribution in [0.4, 0.5) is 0 Å². The number of aromatic nitrogens is 2. The molecule has 2 nitrogen and oxygen atoms in total. The zero-order chi connectivity index (χ0) is 13.9. The predicted octanol–water partition coefficient (Wildman–Crippen LogP) is 4.43. The van der Waals surface area contributed by atoms with Crippen LogP contribution in [0.3, 0.4) is 0 Å². The van der Waals surface area contributed by atoms with Crippen molar-refractivity contribution in [1.29, 1.82) is 0 Å². The highest BCUT2D eigenvalue weighted by molar-refractivity contribution is 5.63. The van der Waals surface area contributed by atoms with Crippen LogP contribution in [0.5, 0.6) is 0 Å². The molecule has 3 aromatic rings. The Balaban J connectivity index is 1.91. The third kappa shape index (κ3) is 2.59. The van der Waals surface area contributed by atoms with Gasteiger partial charge in [-0.2, -0.15) is 0 Å². The van der Waals surface area contributed by atoms with E-state index in [-0.39, 0.29) is 0 Å². The molecule has 20 heavy (non-hydrogen) atoms. The SMILES string of the molecule is Cc1ccc(-c2ccc(-c3ccc(C)cc3)nn2)cc1. The third-order valence-corrected chi connectivity index (χ3v) is 3.36. The second-order valence-corrected chi connectivity index (χ2v) is 5.04. The van der Waals surface area contributed by atoms with Crippen molar-refractivity contribution in [3.05, 3.63) is 71.8 Å². The molecule has 0 unspecified atom stereocenters. The molecule has 2 heteroatoms. The quantitative estimate of drug-likeness (QED) is 0.681. The van der Waals surface area contributed by atoms with Crippen LogP contribution < -0.4 is 0 Å². The van der Waals surface area contributed by atoms with E-state index in [0.29, 0.717) is 0 Å². The lowest BCUT2D eigenvalue weighted by Gasteiger charge is -2.03. The van der Waals surface area contributed by atoms with Gasteiger partial charge in [0.15, 0.2) is 0 Å². The fourth-order valence-electron chi connectivity index (χ4n) is 2.09. The van der Waals surface area contributed by atoms with Crippen LogP contribution in [0.2, 0.25) is 0 Å². The molecule has 0 fully saturated rings. The minimum Gasteiger partial charge on any atom is -0.150 e. The van der Waals surface area contributed by atoms with Gasteiger partial charge in [0.05, 0.1) is 11.4 Å². The minimum atomic E-state index is 0.904. The highest BCUT2D eigenvalue weighted by atomic mass is 15.1. The number of hydrogen-bond donors (Lipinski definition) is 0. The molecule has 0 aliphatic carbocycles. The van der Waals surface area contributed by atoms with Crippen molar-refractivity contribution in [3.8, 4) is 22.5 Å². The maximum Gasteiger partial charge on any atom is 0.0930 e. The largest absolute Gasteiger partial charge is 0.150 e. The second-order valence-electron chi connectivity index (χ2n) is 5.04. The molecule has 0 bridgehead atoms. The van der Waals surface area contributed by atoms with E-state index in [1.807, 2.05) is 12.1 Å².